The fourth-order valence-electron chi connectivity index (χ4n) is 0.838. The van der Waals surface area contributed by atoms with Gasteiger partial charge in [-0.2, -0.15) is 0 Å². The van der Waals surface area contributed by atoms with Gasteiger partial charge in [-0.25, -0.2) is 0 Å². The molecule has 0 saturated heterocycles. The minimum Gasteiger partial charge on any atom is -0.0710 e. The molecule has 0 fully saturated rings. The van der Waals surface area contributed by atoms with Gasteiger partial charge in [0.25, 0.3) is 0 Å². The zero-order valence-corrected chi connectivity index (χ0v) is 10.8. The fraction of sp³-hybridized carbons (Fsp3) is 0.385. The second kappa shape index (κ2) is 5.99. The van der Waals surface area contributed by atoms with Crippen molar-refractivity contribution in [2.24, 2.45) is 0 Å². The van der Waals surface area contributed by atoms with Crippen LogP contribution in [0.5, 0.6) is 0 Å². The molecule has 1 aromatic carbocycles. The molecular formula is C13H17BP. The topological polar surface area (TPSA) is 0 Å². The van der Waals surface area contributed by atoms with Crippen molar-refractivity contribution < 1.29 is 0 Å². The van der Waals surface area contributed by atoms with Crippen LogP contribution in [0.1, 0.15) is 26.3 Å². The van der Waals surface area contributed by atoms with Gasteiger partial charge in [0.1, 0.15) is 0 Å². The van der Waals surface area contributed by atoms with Crippen LogP contribution in [0, 0.1) is 11.6 Å². The lowest BCUT2D eigenvalue weighted by Gasteiger charge is -2.22. The highest BCUT2D eigenvalue weighted by Gasteiger charge is 2.16. The summed E-state index contributed by atoms with van der Waals surface area (Å²) in [5.41, 5.74) is 4.47. The van der Waals surface area contributed by atoms with Gasteiger partial charge in [-0.1, -0.05) is 50.6 Å². The number of hydrogen-bond donors (Lipinski definition) is 0. The van der Waals surface area contributed by atoms with Gasteiger partial charge >= 0.3 is 0 Å². The van der Waals surface area contributed by atoms with E-state index in [9.17, 15) is 0 Å². The Morgan fingerprint density at radius 1 is 1.07 bits per heavy atom. The molecule has 1 rings (SSSR count). The number of hydrogen-bond acceptors (Lipinski definition) is 0. The van der Waals surface area contributed by atoms with E-state index in [0.717, 1.165) is 5.56 Å². The van der Waals surface area contributed by atoms with Crippen LogP contribution in [0.25, 0.3) is 0 Å². The van der Waals surface area contributed by atoms with Crippen molar-refractivity contribution in [3.05, 3.63) is 35.9 Å². The Morgan fingerprint density at radius 3 is 2.07 bits per heavy atom. The lowest BCUT2D eigenvalue weighted by molar-refractivity contribution is 0.791. The summed E-state index contributed by atoms with van der Waals surface area (Å²) in [7, 11) is -0.206. The summed E-state index contributed by atoms with van der Waals surface area (Å²) in [6.45, 7) is 8.99. The predicted octanol–water partition coefficient (Wildman–Crippen LogP) is 3.53. The predicted molar refractivity (Wildman–Crippen MR) is 71.7 cm³/mol. The van der Waals surface area contributed by atoms with Gasteiger partial charge in [0, 0.05) is 14.0 Å². The smallest absolute Gasteiger partial charge is 0.0248 e. The van der Waals surface area contributed by atoms with E-state index >= 15 is 0 Å². The van der Waals surface area contributed by atoms with E-state index in [0.29, 0.717) is 5.16 Å². The number of benzene rings is 1. The zero-order chi connectivity index (χ0) is 10.6. The van der Waals surface area contributed by atoms with Gasteiger partial charge in [0.15, 0.2) is 0 Å². The largest absolute Gasteiger partial charge is 0.0710 e. The van der Waals surface area contributed by atoms with Crippen molar-refractivity contribution in [1.82, 2.24) is 0 Å². The van der Waals surface area contributed by atoms with Crippen molar-refractivity contribution in [2.45, 2.75) is 25.9 Å². The van der Waals surface area contributed by atoms with Crippen LogP contribution in [-0.2, 0) is 0 Å². The maximum absolute atomic E-state index is 3.35. The van der Waals surface area contributed by atoms with Crippen LogP contribution in [0.4, 0.5) is 0 Å². The summed E-state index contributed by atoms with van der Waals surface area (Å²) in [5, 5.41) is 0.330. The monoisotopic (exact) mass is 215 g/mol. The molecule has 1 aromatic rings. The summed E-state index contributed by atoms with van der Waals surface area (Å²) >= 11 is 0. The molecule has 0 aliphatic carbocycles. The summed E-state index contributed by atoms with van der Waals surface area (Å²) in [4.78, 5) is 0. The molecule has 3 radical (unpaired) electrons. The highest BCUT2D eigenvalue weighted by atomic mass is 31.1. The van der Waals surface area contributed by atoms with Gasteiger partial charge in [-0.05, 0) is 31.9 Å². The molecule has 1 unspecified atom stereocenters. The van der Waals surface area contributed by atoms with E-state index in [1.807, 2.05) is 18.2 Å². The molecule has 0 aliphatic rings. The molecule has 0 spiro atoms. The molecular weight excluding hydrogens is 198 g/mol. The van der Waals surface area contributed by atoms with Gasteiger partial charge < -0.3 is 0 Å². The van der Waals surface area contributed by atoms with Crippen molar-refractivity contribution >= 4 is 16.3 Å². The first kappa shape index (κ1) is 14.3. The molecule has 77 valence electrons. The summed E-state index contributed by atoms with van der Waals surface area (Å²) < 4.78 is 0. The minimum atomic E-state index is -0.206. The van der Waals surface area contributed by atoms with Crippen molar-refractivity contribution in [3.8, 4) is 11.6 Å². The Hall–Kier alpha value is -0.725. The fourth-order valence-corrected chi connectivity index (χ4v) is 1.47. The average Bonchev–Trinajstić information content (AvgIpc) is 2.14. The Morgan fingerprint density at radius 2 is 1.60 bits per heavy atom. The maximum atomic E-state index is 3.35. The van der Waals surface area contributed by atoms with E-state index in [4.69, 9.17) is 0 Å². The Labute approximate surface area is 96.8 Å². The standard InChI is InChI=1S/C13H17P.B/c1-13(2,3)14(4)11-10-12-8-6-5-7-9-12;/h5-9H,1-4H3;. The van der Waals surface area contributed by atoms with E-state index in [-0.39, 0.29) is 16.3 Å². The minimum absolute atomic E-state index is 0. The van der Waals surface area contributed by atoms with Crippen LogP contribution in [-0.4, -0.2) is 20.2 Å². The van der Waals surface area contributed by atoms with Gasteiger partial charge in [0.05, 0.1) is 0 Å². The first-order valence-corrected chi connectivity index (χ1v) is 6.59. The quantitative estimate of drug-likeness (QED) is 0.353. The normalized spacial score (nSPS) is 12.0. The van der Waals surface area contributed by atoms with Crippen LogP contribution >= 0.6 is 7.92 Å². The van der Waals surface area contributed by atoms with Crippen LogP contribution in [0.3, 0.4) is 0 Å². The van der Waals surface area contributed by atoms with E-state index in [1.165, 1.54) is 0 Å². The van der Waals surface area contributed by atoms with Crippen LogP contribution in [0.2, 0.25) is 0 Å². The summed E-state index contributed by atoms with van der Waals surface area (Å²) in [6, 6.07) is 10.2. The van der Waals surface area contributed by atoms with E-state index < -0.39 is 0 Å². The molecule has 0 amide bonds. The highest BCUT2D eigenvalue weighted by Crippen LogP contribution is 2.44. The van der Waals surface area contributed by atoms with Gasteiger partial charge in [0.2, 0.25) is 0 Å². The summed E-state index contributed by atoms with van der Waals surface area (Å²) in [6.07, 6.45) is 0. The molecule has 1 atom stereocenters. The molecule has 0 heterocycles. The Bertz CT molecular complexity index is 340. The molecule has 0 N–H and O–H groups in total. The second-order valence-corrected chi connectivity index (χ2v) is 7.02. The Balaban J connectivity index is 0.00000196. The van der Waals surface area contributed by atoms with Gasteiger partial charge in [-0.15, -0.1) is 0 Å². The molecule has 0 aromatic heterocycles. The SMILES string of the molecule is CP(C#Cc1ccccc1)C(C)(C)C.[B]. The molecule has 0 saturated carbocycles. The molecule has 0 aliphatic heterocycles. The molecule has 0 nitrogen and oxygen atoms in total. The number of rotatable bonds is 0. The third-order valence-corrected chi connectivity index (χ3v) is 4.61. The van der Waals surface area contributed by atoms with Crippen LogP contribution < -0.4 is 0 Å². The van der Waals surface area contributed by atoms with Crippen molar-refractivity contribution in [3.63, 3.8) is 0 Å². The van der Waals surface area contributed by atoms with Crippen molar-refractivity contribution in [1.29, 1.82) is 0 Å². The zero-order valence-electron chi connectivity index (χ0n) is 9.91. The first-order chi connectivity index (χ1) is 6.50. The third-order valence-electron chi connectivity index (χ3n) is 2.15. The first-order valence-electron chi connectivity index (χ1n) is 4.81. The molecule has 0 bridgehead atoms. The highest BCUT2D eigenvalue weighted by molar-refractivity contribution is 7.63. The maximum Gasteiger partial charge on any atom is 0.0248 e. The van der Waals surface area contributed by atoms with E-state index in [1.54, 1.807) is 0 Å². The third kappa shape index (κ3) is 5.05. The molecule has 15 heavy (non-hydrogen) atoms. The average molecular weight is 215 g/mol. The van der Waals surface area contributed by atoms with E-state index in [2.05, 4.69) is 51.2 Å². The molecule has 2 heteroatoms. The van der Waals surface area contributed by atoms with Gasteiger partial charge in [-0.3, -0.25) is 0 Å². The van der Waals surface area contributed by atoms with Crippen molar-refractivity contribution in [2.75, 3.05) is 6.66 Å². The lowest BCUT2D eigenvalue weighted by atomic mass is 10.2. The summed E-state index contributed by atoms with van der Waals surface area (Å²) in [5.74, 6) is 3.23. The Kier molecular flexibility index (Phi) is 5.70. The lowest BCUT2D eigenvalue weighted by Crippen LogP contribution is -2.08. The van der Waals surface area contributed by atoms with Crippen LogP contribution in [0.15, 0.2) is 30.3 Å². The second-order valence-electron chi connectivity index (χ2n) is 4.33.